The van der Waals surface area contributed by atoms with Crippen LogP contribution in [0.2, 0.25) is 0 Å². The number of aliphatic hydroxyl groups excluding tert-OH is 1. The summed E-state index contributed by atoms with van der Waals surface area (Å²) in [6.07, 6.45) is 0.893. The van der Waals surface area contributed by atoms with Crippen molar-refractivity contribution in [3.63, 3.8) is 0 Å². The second kappa shape index (κ2) is 8.54. The highest BCUT2D eigenvalue weighted by molar-refractivity contribution is 7.98. The number of hydrogen-bond donors (Lipinski definition) is 1. The smallest absolute Gasteiger partial charge is 0.223 e. The lowest BCUT2D eigenvalue weighted by Crippen LogP contribution is -2.30. The number of aryl methyl sites for hydroxylation is 1. The molecule has 0 spiro atoms. The molecule has 5 nitrogen and oxygen atoms in total. The molecule has 1 unspecified atom stereocenters. The van der Waals surface area contributed by atoms with Crippen molar-refractivity contribution in [2.45, 2.75) is 44.7 Å². The standard InChI is InChI=1S/C19H25N3O2S/c1-15(23)18-12-17-13-21(9-5-10-22(17)20-18)19(24)8-11-25-14-16-6-3-2-4-7-16/h2-4,6-7,12,15,23H,5,8-11,13-14H2,1H3. The highest BCUT2D eigenvalue weighted by Gasteiger charge is 2.21. The molecule has 3 rings (SSSR count). The summed E-state index contributed by atoms with van der Waals surface area (Å²) in [6.45, 7) is 3.88. The van der Waals surface area contributed by atoms with E-state index in [1.165, 1.54) is 5.56 Å². The van der Waals surface area contributed by atoms with Crippen molar-refractivity contribution in [3.8, 4) is 0 Å². The Hall–Kier alpha value is -1.79. The van der Waals surface area contributed by atoms with Crippen LogP contribution < -0.4 is 0 Å². The van der Waals surface area contributed by atoms with E-state index in [1.54, 1.807) is 18.7 Å². The maximum Gasteiger partial charge on any atom is 0.223 e. The van der Waals surface area contributed by atoms with Crippen LogP contribution >= 0.6 is 11.8 Å². The molecular weight excluding hydrogens is 334 g/mol. The van der Waals surface area contributed by atoms with Crippen LogP contribution in [0, 0.1) is 0 Å². The maximum absolute atomic E-state index is 12.5. The summed E-state index contributed by atoms with van der Waals surface area (Å²) in [4.78, 5) is 14.5. The Morgan fingerprint density at radius 2 is 2.12 bits per heavy atom. The average Bonchev–Trinajstić information content (AvgIpc) is 2.91. The third kappa shape index (κ3) is 4.86. The number of fused-ring (bicyclic) bond motifs is 1. The van der Waals surface area contributed by atoms with E-state index < -0.39 is 6.10 Å². The zero-order valence-electron chi connectivity index (χ0n) is 14.6. The second-order valence-electron chi connectivity index (χ2n) is 6.42. The Balaban J connectivity index is 1.49. The van der Waals surface area contributed by atoms with Crippen LogP contribution in [0.5, 0.6) is 0 Å². The largest absolute Gasteiger partial charge is 0.387 e. The van der Waals surface area contributed by atoms with E-state index in [-0.39, 0.29) is 5.91 Å². The minimum absolute atomic E-state index is 0.203. The average molecular weight is 359 g/mol. The summed E-state index contributed by atoms with van der Waals surface area (Å²) in [7, 11) is 0. The lowest BCUT2D eigenvalue weighted by Gasteiger charge is -2.20. The van der Waals surface area contributed by atoms with E-state index in [0.717, 1.165) is 36.7 Å². The van der Waals surface area contributed by atoms with E-state index in [1.807, 2.05) is 33.8 Å². The minimum Gasteiger partial charge on any atom is -0.387 e. The third-order valence-corrected chi connectivity index (χ3v) is 5.42. The number of aromatic nitrogens is 2. The molecule has 134 valence electrons. The monoisotopic (exact) mass is 359 g/mol. The summed E-state index contributed by atoms with van der Waals surface area (Å²) in [5, 5.41) is 14.1. The molecule has 2 heterocycles. The van der Waals surface area contributed by atoms with Crippen molar-refractivity contribution in [1.29, 1.82) is 0 Å². The summed E-state index contributed by atoms with van der Waals surface area (Å²) in [5.74, 6) is 1.98. The molecule has 0 fully saturated rings. The van der Waals surface area contributed by atoms with Crippen LogP contribution in [0.4, 0.5) is 0 Å². The topological polar surface area (TPSA) is 58.4 Å². The van der Waals surface area contributed by atoms with Gasteiger partial charge in [-0.05, 0) is 25.0 Å². The molecule has 0 radical (unpaired) electrons. The molecule has 2 aromatic rings. The molecule has 0 bridgehead atoms. The molecule has 1 aromatic heterocycles. The fourth-order valence-electron chi connectivity index (χ4n) is 2.98. The summed E-state index contributed by atoms with van der Waals surface area (Å²) >= 11 is 1.80. The highest BCUT2D eigenvalue weighted by Crippen LogP contribution is 2.19. The lowest BCUT2D eigenvalue weighted by molar-refractivity contribution is -0.131. The number of carbonyl (C=O) groups is 1. The SMILES string of the molecule is CC(O)c1cc2n(n1)CCCN(C(=O)CCSCc1ccccc1)C2. The number of nitrogens with zero attached hydrogens (tertiary/aromatic N) is 3. The van der Waals surface area contributed by atoms with Gasteiger partial charge in [0.15, 0.2) is 0 Å². The van der Waals surface area contributed by atoms with Gasteiger partial charge in [-0.25, -0.2) is 0 Å². The van der Waals surface area contributed by atoms with Gasteiger partial charge in [-0.1, -0.05) is 30.3 Å². The van der Waals surface area contributed by atoms with Gasteiger partial charge in [0.25, 0.3) is 0 Å². The zero-order chi connectivity index (χ0) is 17.6. The Bertz CT molecular complexity index is 700. The van der Waals surface area contributed by atoms with Crippen LogP contribution in [0.15, 0.2) is 36.4 Å². The Morgan fingerprint density at radius 3 is 2.88 bits per heavy atom. The number of thioether (sulfide) groups is 1. The number of amides is 1. The molecule has 1 amide bonds. The fraction of sp³-hybridized carbons (Fsp3) is 0.474. The Kier molecular flexibility index (Phi) is 6.15. The maximum atomic E-state index is 12.5. The van der Waals surface area contributed by atoms with Gasteiger partial charge in [-0.15, -0.1) is 0 Å². The quantitative estimate of drug-likeness (QED) is 0.806. The number of benzene rings is 1. The zero-order valence-corrected chi connectivity index (χ0v) is 15.4. The van der Waals surface area contributed by atoms with Crippen molar-refractivity contribution >= 4 is 17.7 Å². The first-order chi connectivity index (χ1) is 12.1. The highest BCUT2D eigenvalue weighted by atomic mass is 32.2. The minimum atomic E-state index is -0.571. The Morgan fingerprint density at radius 1 is 1.32 bits per heavy atom. The molecule has 1 aliphatic rings. The first-order valence-corrected chi connectivity index (χ1v) is 9.93. The fourth-order valence-corrected chi connectivity index (χ4v) is 3.87. The van der Waals surface area contributed by atoms with Crippen molar-refractivity contribution in [2.24, 2.45) is 0 Å². The first-order valence-electron chi connectivity index (χ1n) is 8.77. The molecule has 0 saturated heterocycles. The van der Waals surface area contributed by atoms with E-state index in [4.69, 9.17) is 0 Å². The van der Waals surface area contributed by atoms with Gasteiger partial charge in [0.2, 0.25) is 5.91 Å². The van der Waals surface area contributed by atoms with Gasteiger partial charge in [-0.3, -0.25) is 9.48 Å². The Labute approximate surface area is 153 Å². The molecular formula is C19H25N3O2S. The summed E-state index contributed by atoms with van der Waals surface area (Å²) in [6, 6.07) is 12.3. The van der Waals surface area contributed by atoms with Gasteiger partial charge in [0, 0.05) is 31.0 Å². The molecule has 0 saturated carbocycles. The van der Waals surface area contributed by atoms with Gasteiger partial charge in [0.1, 0.15) is 0 Å². The molecule has 0 aliphatic carbocycles. The van der Waals surface area contributed by atoms with Crippen LogP contribution in [0.1, 0.15) is 42.8 Å². The second-order valence-corrected chi connectivity index (χ2v) is 7.52. The summed E-state index contributed by atoms with van der Waals surface area (Å²) < 4.78 is 1.93. The number of rotatable bonds is 6. The number of hydrogen-bond acceptors (Lipinski definition) is 4. The van der Waals surface area contributed by atoms with Gasteiger partial charge in [0.05, 0.1) is 24.0 Å². The van der Waals surface area contributed by atoms with Crippen LogP contribution in [0.25, 0.3) is 0 Å². The number of carbonyl (C=O) groups excluding carboxylic acids is 1. The lowest BCUT2D eigenvalue weighted by atomic mass is 10.2. The summed E-state index contributed by atoms with van der Waals surface area (Å²) in [5.41, 5.74) is 2.99. The van der Waals surface area contributed by atoms with Crippen molar-refractivity contribution in [1.82, 2.24) is 14.7 Å². The van der Waals surface area contributed by atoms with Crippen LogP contribution in [0.3, 0.4) is 0 Å². The molecule has 6 heteroatoms. The van der Waals surface area contributed by atoms with Crippen LogP contribution in [-0.4, -0.2) is 38.0 Å². The first kappa shape index (κ1) is 18.0. The predicted octanol–water partition coefficient (Wildman–Crippen LogP) is 2.99. The number of aliphatic hydroxyl groups is 1. The van der Waals surface area contributed by atoms with E-state index in [2.05, 4.69) is 17.2 Å². The molecule has 1 N–H and O–H groups in total. The van der Waals surface area contributed by atoms with E-state index in [9.17, 15) is 9.90 Å². The van der Waals surface area contributed by atoms with Crippen molar-refractivity contribution in [2.75, 3.05) is 12.3 Å². The van der Waals surface area contributed by atoms with Gasteiger partial charge in [-0.2, -0.15) is 16.9 Å². The van der Waals surface area contributed by atoms with Gasteiger partial charge < -0.3 is 10.0 Å². The molecule has 1 aliphatic heterocycles. The van der Waals surface area contributed by atoms with Crippen LogP contribution in [-0.2, 0) is 23.6 Å². The molecule has 1 atom stereocenters. The predicted molar refractivity (Wildman–Crippen MR) is 100 cm³/mol. The third-order valence-electron chi connectivity index (χ3n) is 4.39. The van der Waals surface area contributed by atoms with E-state index in [0.29, 0.717) is 18.7 Å². The van der Waals surface area contributed by atoms with Gasteiger partial charge >= 0.3 is 0 Å². The molecule has 25 heavy (non-hydrogen) atoms. The van der Waals surface area contributed by atoms with Crippen molar-refractivity contribution in [3.05, 3.63) is 53.3 Å². The van der Waals surface area contributed by atoms with E-state index >= 15 is 0 Å². The normalized spacial score (nSPS) is 15.5. The molecule has 1 aromatic carbocycles. The van der Waals surface area contributed by atoms with Crippen molar-refractivity contribution < 1.29 is 9.90 Å².